The summed E-state index contributed by atoms with van der Waals surface area (Å²) in [5.74, 6) is 0. The van der Waals surface area contributed by atoms with Crippen LogP contribution in [0.3, 0.4) is 0 Å². The third-order valence-electron chi connectivity index (χ3n) is 4.49. The van der Waals surface area contributed by atoms with Crippen LogP contribution in [0.5, 0.6) is 0 Å². The minimum Gasteiger partial charge on any atom is -0.344 e. The summed E-state index contributed by atoms with van der Waals surface area (Å²) in [6.45, 7) is 4.00. The molecule has 1 nitrogen and oxygen atoms in total. The van der Waals surface area contributed by atoms with Crippen LogP contribution in [0, 0.1) is 0 Å². The SMILES string of the molecule is CC.CN(c1ccc(-c2ccccc2)cc1)c1cccc2ccccc12. The molecule has 0 aromatic heterocycles. The predicted octanol–water partition coefficient (Wildman–Crippen LogP) is 7.30. The number of rotatable bonds is 3. The molecule has 1 heteroatoms. The molecule has 130 valence electrons. The van der Waals surface area contributed by atoms with Gasteiger partial charge in [0, 0.05) is 23.8 Å². The molecule has 0 saturated heterocycles. The van der Waals surface area contributed by atoms with Gasteiger partial charge in [0.15, 0.2) is 0 Å². The molecular formula is C25H25N. The van der Waals surface area contributed by atoms with E-state index in [9.17, 15) is 0 Å². The molecule has 0 bridgehead atoms. The maximum absolute atomic E-state index is 2.25. The maximum atomic E-state index is 2.25. The zero-order valence-electron chi connectivity index (χ0n) is 15.7. The van der Waals surface area contributed by atoms with Gasteiger partial charge < -0.3 is 4.90 Å². The van der Waals surface area contributed by atoms with Gasteiger partial charge in [0.05, 0.1) is 0 Å². The average molecular weight is 339 g/mol. The molecule has 26 heavy (non-hydrogen) atoms. The number of fused-ring (bicyclic) bond motifs is 1. The average Bonchev–Trinajstić information content (AvgIpc) is 2.75. The number of anilines is 2. The van der Waals surface area contributed by atoms with Crippen LogP contribution >= 0.6 is 0 Å². The topological polar surface area (TPSA) is 3.24 Å². The first-order valence-corrected chi connectivity index (χ1v) is 9.20. The molecule has 4 rings (SSSR count). The Bertz CT molecular complexity index is 951. The van der Waals surface area contributed by atoms with Crippen LogP contribution in [0.2, 0.25) is 0 Å². The quantitative estimate of drug-likeness (QED) is 0.378. The second kappa shape index (κ2) is 8.35. The number of hydrogen-bond donors (Lipinski definition) is 0. The highest BCUT2D eigenvalue weighted by Gasteiger charge is 2.08. The molecule has 0 aliphatic heterocycles. The van der Waals surface area contributed by atoms with E-state index in [0.29, 0.717) is 0 Å². The standard InChI is InChI=1S/C23H19N.C2H6/c1-24(23-13-7-11-20-10-5-6-12-22(20)23)21-16-14-19(15-17-21)18-8-3-2-4-9-18;1-2/h2-17H,1H3;1-2H3. The van der Waals surface area contributed by atoms with Crippen LogP contribution in [-0.4, -0.2) is 7.05 Å². The van der Waals surface area contributed by atoms with Gasteiger partial charge in [-0.1, -0.05) is 92.7 Å². The van der Waals surface area contributed by atoms with Crippen molar-refractivity contribution in [3.8, 4) is 11.1 Å². The minimum atomic E-state index is 1.19. The summed E-state index contributed by atoms with van der Waals surface area (Å²) in [5.41, 5.74) is 4.90. The highest BCUT2D eigenvalue weighted by Crippen LogP contribution is 2.32. The van der Waals surface area contributed by atoms with Gasteiger partial charge in [-0.3, -0.25) is 0 Å². The number of benzene rings is 4. The van der Waals surface area contributed by atoms with Crippen LogP contribution in [0.15, 0.2) is 97.1 Å². The van der Waals surface area contributed by atoms with Gasteiger partial charge in [0.2, 0.25) is 0 Å². The van der Waals surface area contributed by atoms with Gasteiger partial charge in [-0.15, -0.1) is 0 Å². The van der Waals surface area contributed by atoms with Gasteiger partial charge in [0.25, 0.3) is 0 Å². The lowest BCUT2D eigenvalue weighted by Gasteiger charge is -2.21. The summed E-state index contributed by atoms with van der Waals surface area (Å²) < 4.78 is 0. The number of hydrogen-bond acceptors (Lipinski definition) is 1. The Morgan fingerprint density at radius 2 is 1.12 bits per heavy atom. The minimum absolute atomic E-state index is 1.19. The zero-order chi connectivity index (χ0) is 18.4. The normalized spacial score (nSPS) is 10.1. The maximum Gasteiger partial charge on any atom is 0.0487 e. The Morgan fingerprint density at radius 3 is 1.85 bits per heavy atom. The fourth-order valence-corrected chi connectivity index (χ4v) is 3.15. The molecule has 0 unspecified atom stereocenters. The molecule has 0 amide bonds. The molecule has 0 atom stereocenters. The summed E-state index contributed by atoms with van der Waals surface area (Å²) >= 11 is 0. The van der Waals surface area contributed by atoms with Crippen molar-refractivity contribution < 1.29 is 0 Å². The summed E-state index contributed by atoms with van der Waals surface area (Å²) in [7, 11) is 2.12. The number of nitrogens with zero attached hydrogens (tertiary/aromatic N) is 1. The largest absolute Gasteiger partial charge is 0.344 e. The Balaban J connectivity index is 0.000000948. The van der Waals surface area contributed by atoms with Crippen LogP contribution in [0.1, 0.15) is 13.8 Å². The molecule has 4 aromatic carbocycles. The van der Waals surface area contributed by atoms with Crippen LogP contribution in [-0.2, 0) is 0 Å². The van der Waals surface area contributed by atoms with Crippen molar-refractivity contribution in [1.29, 1.82) is 0 Å². The molecule has 0 fully saturated rings. The Kier molecular flexibility index (Phi) is 5.70. The van der Waals surface area contributed by atoms with Crippen LogP contribution < -0.4 is 4.90 Å². The lowest BCUT2D eigenvalue weighted by Crippen LogP contribution is -2.09. The van der Waals surface area contributed by atoms with Gasteiger partial charge in [-0.2, -0.15) is 0 Å². The lowest BCUT2D eigenvalue weighted by molar-refractivity contribution is 1.22. The Morgan fingerprint density at radius 1 is 0.538 bits per heavy atom. The molecule has 4 aromatic rings. The predicted molar refractivity (Wildman–Crippen MR) is 115 cm³/mol. The summed E-state index contributed by atoms with van der Waals surface area (Å²) in [4.78, 5) is 2.25. The molecular weight excluding hydrogens is 314 g/mol. The third kappa shape index (κ3) is 3.62. The van der Waals surface area contributed by atoms with Gasteiger partial charge >= 0.3 is 0 Å². The van der Waals surface area contributed by atoms with Crippen molar-refractivity contribution in [3.63, 3.8) is 0 Å². The van der Waals surface area contributed by atoms with E-state index in [1.165, 1.54) is 33.3 Å². The monoisotopic (exact) mass is 339 g/mol. The molecule has 0 aliphatic carbocycles. The summed E-state index contributed by atoms with van der Waals surface area (Å²) in [6.07, 6.45) is 0. The van der Waals surface area contributed by atoms with E-state index in [2.05, 4.69) is 103 Å². The summed E-state index contributed by atoms with van der Waals surface area (Å²) in [6, 6.07) is 34.2. The second-order valence-corrected chi connectivity index (χ2v) is 5.97. The smallest absolute Gasteiger partial charge is 0.0487 e. The van der Waals surface area contributed by atoms with E-state index in [0.717, 1.165) is 0 Å². The first-order chi connectivity index (χ1) is 12.8. The van der Waals surface area contributed by atoms with Gasteiger partial charge in [-0.25, -0.2) is 0 Å². The van der Waals surface area contributed by atoms with Crippen molar-refractivity contribution in [3.05, 3.63) is 97.1 Å². The molecule has 0 heterocycles. The Labute approximate surface area is 156 Å². The van der Waals surface area contributed by atoms with Crippen molar-refractivity contribution in [2.45, 2.75) is 13.8 Å². The molecule has 0 aliphatic rings. The van der Waals surface area contributed by atoms with Crippen LogP contribution in [0.25, 0.3) is 21.9 Å². The first kappa shape index (κ1) is 17.8. The molecule has 0 radical (unpaired) electrons. The van der Waals surface area contributed by atoms with E-state index in [1.54, 1.807) is 0 Å². The summed E-state index contributed by atoms with van der Waals surface area (Å²) in [5, 5.41) is 2.54. The van der Waals surface area contributed by atoms with Crippen LogP contribution in [0.4, 0.5) is 11.4 Å². The molecule has 0 spiro atoms. The van der Waals surface area contributed by atoms with E-state index in [-0.39, 0.29) is 0 Å². The molecule has 0 saturated carbocycles. The Hall–Kier alpha value is -3.06. The highest BCUT2D eigenvalue weighted by atomic mass is 15.1. The fraction of sp³-hybridized carbons (Fsp3) is 0.120. The van der Waals surface area contributed by atoms with Crippen molar-refractivity contribution >= 4 is 22.1 Å². The van der Waals surface area contributed by atoms with E-state index >= 15 is 0 Å². The molecule has 0 N–H and O–H groups in total. The zero-order valence-corrected chi connectivity index (χ0v) is 15.7. The van der Waals surface area contributed by atoms with E-state index in [1.807, 2.05) is 19.9 Å². The van der Waals surface area contributed by atoms with Gasteiger partial charge in [-0.05, 0) is 34.7 Å². The van der Waals surface area contributed by atoms with E-state index in [4.69, 9.17) is 0 Å². The first-order valence-electron chi connectivity index (χ1n) is 9.20. The fourth-order valence-electron chi connectivity index (χ4n) is 3.15. The lowest BCUT2D eigenvalue weighted by atomic mass is 10.0. The second-order valence-electron chi connectivity index (χ2n) is 5.97. The van der Waals surface area contributed by atoms with E-state index < -0.39 is 0 Å². The van der Waals surface area contributed by atoms with Crippen molar-refractivity contribution in [2.24, 2.45) is 0 Å². The highest BCUT2D eigenvalue weighted by molar-refractivity contribution is 5.96. The third-order valence-corrected chi connectivity index (χ3v) is 4.49. The van der Waals surface area contributed by atoms with Gasteiger partial charge in [0.1, 0.15) is 0 Å². The van der Waals surface area contributed by atoms with Crippen molar-refractivity contribution in [1.82, 2.24) is 0 Å². The van der Waals surface area contributed by atoms with Crippen molar-refractivity contribution in [2.75, 3.05) is 11.9 Å².